The molecule has 2 aromatic rings. The average molecular weight is 494 g/mol. The van der Waals surface area contributed by atoms with Gasteiger partial charge in [0.2, 0.25) is 5.91 Å². The van der Waals surface area contributed by atoms with Crippen LogP contribution in [-0.4, -0.2) is 65.0 Å². The molecule has 2 unspecified atom stereocenters. The SMILES string of the molecule is O=C(NCC(C(=O)N1CSCC1C(=O)O)C(F)(F)F)OCC1c2ccccc2-c2ccccc21. The molecule has 34 heavy (non-hydrogen) atoms. The summed E-state index contributed by atoms with van der Waals surface area (Å²) in [6, 6.07) is 13.9. The Kier molecular flexibility index (Phi) is 6.74. The number of alkyl halides is 3. The molecule has 2 amide bonds. The Morgan fingerprint density at radius 1 is 1.09 bits per heavy atom. The number of nitrogens with zero attached hydrogens (tertiary/aromatic N) is 1. The van der Waals surface area contributed by atoms with E-state index in [4.69, 9.17) is 4.74 Å². The first kappa shape index (κ1) is 23.9. The Hall–Kier alpha value is -3.21. The molecule has 1 heterocycles. The minimum Gasteiger partial charge on any atom is -0.480 e. The minimum atomic E-state index is -4.97. The number of thioether (sulfide) groups is 1. The van der Waals surface area contributed by atoms with Crippen molar-refractivity contribution >= 4 is 29.7 Å². The number of carbonyl (C=O) groups excluding carboxylic acids is 2. The maximum atomic E-state index is 13.6. The number of benzene rings is 2. The number of carbonyl (C=O) groups is 3. The van der Waals surface area contributed by atoms with Crippen LogP contribution in [0.4, 0.5) is 18.0 Å². The van der Waals surface area contributed by atoms with Gasteiger partial charge in [-0.15, -0.1) is 11.8 Å². The van der Waals surface area contributed by atoms with Crippen molar-refractivity contribution in [3.05, 3.63) is 59.7 Å². The van der Waals surface area contributed by atoms with Gasteiger partial charge in [-0.2, -0.15) is 13.2 Å². The number of hydrogen-bond donors (Lipinski definition) is 2. The van der Waals surface area contributed by atoms with Crippen molar-refractivity contribution in [1.82, 2.24) is 10.2 Å². The van der Waals surface area contributed by atoms with E-state index in [0.29, 0.717) is 4.90 Å². The molecule has 7 nitrogen and oxygen atoms in total. The van der Waals surface area contributed by atoms with E-state index >= 15 is 0 Å². The summed E-state index contributed by atoms with van der Waals surface area (Å²) >= 11 is 1.06. The normalized spacial score (nSPS) is 18.2. The molecule has 11 heteroatoms. The van der Waals surface area contributed by atoms with Crippen LogP contribution in [0.5, 0.6) is 0 Å². The van der Waals surface area contributed by atoms with Crippen molar-refractivity contribution in [3.63, 3.8) is 0 Å². The lowest BCUT2D eigenvalue weighted by Gasteiger charge is -2.27. The second-order valence-corrected chi connectivity index (χ2v) is 8.96. The maximum absolute atomic E-state index is 13.6. The molecule has 4 rings (SSSR count). The van der Waals surface area contributed by atoms with Crippen molar-refractivity contribution in [3.8, 4) is 11.1 Å². The van der Waals surface area contributed by atoms with Gasteiger partial charge in [0.05, 0.1) is 5.88 Å². The van der Waals surface area contributed by atoms with Crippen molar-refractivity contribution in [2.75, 3.05) is 24.8 Å². The van der Waals surface area contributed by atoms with Crippen molar-refractivity contribution in [2.24, 2.45) is 5.92 Å². The van der Waals surface area contributed by atoms with Gasteiger partial charge in [0.25, 0.3) is 0 Å². The summed E-state index contributed by atoms with van der Waals surface area (Å²) in [5.41, 5.74) is 3.91. The van der Waals surface area contributed by atoms with Crippen molar-refractivity contribution in [1.29, 1.82) is 0 Å². The number of halogens is 3. The summed E-state index contributed by atoms with van der Waals surface area (Å²) in [7, 11) is 0. The van der Waals surface area contributed by atoms with E-state index in [9.17, 15) is 32.7 Å². The molecule has 0 radical (unpaired) electrons. The predicted octanol–water partition coefficient (Wildman–Crippen LogP) is 3.69. The van der Waals surface area contributed by atoms with Crippen LogP contribution in [0.1, 0.15) is 17.0 Å². The molecule has 0 spiro atoms. The van der Waals surface area contributed by atoms with Gasteiger partial charge in [0.1, 0.15) is 12.6 Å². The Balaban J connectivity index is 1.40. The summed E-state index contributed by atoms with van der Waals surface area (Å²) < 4.78 is 45.9. The van der Waals surface area contributed by atoms with Gasteiger partial charge in [0.15, 0.2) is 5.92 Å². The van der Waals surface area contributed by atoms with Gasteiger partial charge in [0, 0.05) is 18.2 Å². The molecule has 1 aliphatic heterocycles. The first-order valence-electron chi connectivity index (χ1n) is 10.4. The molecule has 1 saturated heterocycles. The molecule has 2 aliphatic rings. The predicted molar refractivity (Wildman–Crippen MR) is 118 cm³/mol. The quantitative estimate of drug-likeness (QED) is 0.636. The molecule has 2 N–H and O–H groups in total. The van der Waals surface area contributed by atoms with Crippen LogP contribution in [0.25, 0.3) is 11.1 Å². The number of fused-ring (bicyclic) bond motifs is 3. The summed E-state index contributed by atoms with van der Waals surface area (Å²) in [6.07, 6.45) is -6.06. The van der Waals surface area contributed by atoms with Crippen LogP contribution in [0.3, 0.4) is 0 Å². The van der Waals surface area contributed by atoms with Crippen LogP contribution < -0.4 is 5.32 Å². The van der Waals surface area contributed by atoms with Crippen LogP contribution >= 0.6 is 11.8 Å². The highest BCUT2D eigenvalue weighted by Crippen LogP contribution is 2.44. The first-order valence-corrected chi connectivity index (χ1v) is 11.6. The summed E-state index contributed by atoms with van der Waals surface area (Å²) in [5, 5.41) is 11.2. The fourth-order valence-corrected chi connectivity index (χ4v) is 5.40. The van der Waals surface area contributed by atoms with Gasteiger partial charge >= 0.3 is 18.2 Å². The number of nitrogens with one attached hydrogen (secondary N) is 1. The van der Waals surface area contributed by atoms with Crippen LogP contribution in [-0.2, 0) is 14.3 Å². The van der Waals surface area contributed by atoms with Gasteiger partial charge in [-0.1, -0.05) is 48.5 Å². The van der Waals surface area contributed by atoms with Crippen LogP contribution in [0.15, 0.2) is 48.5 Å². The molecular weight excluding hydrogens is 473 g/mol. The highest BCUT2D eigenvalue weighted by Gasteiger charge is 2.49. The monoisotopic (exact) mass is 494 g/mol. The third kappa shape index (κ3) is 4.70. The molecule has 2 atom stereocenters. The molecule has 2 aromatic carbocycles. The number of aliphatic carboxylic acids is 1. The average Bonchev–Trinajstić information content (AvgIpc) is 3.40. The lowest BCUT2D eigenvalue weighted by atomic mass is 9.98. The number of rotatable bonds is 6. The largest absolute Gasteiger partial charge is 0.480 e. The van der Waals surface area contributed by atoms with E-state index in [1.54, 1.807) is 0 Å². The topological polar surface area (TPSA) is 95.9 Å². The standard InChI is InChI=1S/C23H21F3N2O5S/c24-23(25,26)18(20(29)28-12-34-11-19(28)21(30)31)9-27-22(32)33-10-17-15-7-3-1-5-13(15)14-6-2-4-8-16(14)17/h1-8,17-19H,9-12H2,(H,27,32)(H,30,31). The molecule has 180 valence electrons. The fourth-order valence-electron chi connectivity index (χ4n) is 4.24. The Labute approximate surface area is 197 Å². The van der Waals surface area contributed by atoms with Gasteiger partial charge in [-0.05, 0) is 22.3 Å². The van der Waals surface area contributed by atoms with E-state index in [-0.39, 0.29) is 24.2 Å². The Bertz CT molecular complexity index is 1060. The maximum Gasteiger partial charge on any atom is 0.407 e. The lowest BCUT2D eigenvalue weighted by molar-refractivity contribution is -0.189. The zero-order chi connectivity index (χ0) is 24.5. The number of carboxylic acid groups (broad SMARTS) is 1. The summed E-state index contributed by atoms with van der Waals surface area (Å²) in [4.78, 5) is 36.7. The second-order valence-electron chi connectivity index (χ2n) is 7.96. The molecule has 1 aliphatic carbocycles. The summed E-state index contributed by atoms with van der Waals surface area (Å²) in [6.45, 7) is -1.14. The number of amides is 2. The molecule has 0 saturated carbocycles. The minimum absolute atomic E-state index is 0.00541. The number of ether oxygens (including phenoxy) is 1. The van der Waals surface area contributed by atoms with E-state index in [1.165, 1.54) is 0 Å². The highest BCUT2D eigenvalue weighted by molar-refractivity contribution is 7.99. The third-order valence-corrected chi connectivity index (χ3v) is 6.95. The molecule has 0 bridgehead atoms. The van der Waals surface area contributed by atoms with Gasteiger partial charge in [-0.25, -0.2) is 9.59 Å². The zero-order valence-electron chi connectivity index (χ0n) is 17.7. The fraction of sp³-hybridized carbons (Fsp3) is 0.348. The first-order chi connectivity index (χ1) is 16.2. The van der Waals surface area contributed by atoms with Gasteiger partial charge in [-0.3, -0.25) is 4.79 Å². The molecule has 1 fully saturated rings. The zero-order valence-corrected chi connectivity index (χ0v) is 18.6. The van der Waals surface area contributed by atoms with E-state index in [1.807, 2.05) is 53.8 Å². The van der Waals surface area contributed by atoms with Crippen LogP contribution in [0.2, 0.25) is 0 Å². The smallest absolute Gasteiger partial charge is 0.407 e. The van der Waals surface area contributed by atoms with Crippen LogP contribution in [0, 0.1) is 5.92 Å². The van der Waals surface area contributed by atoms with E-state index < -0.39 is 42.7 Å². The van der Waals surface area contributed by atoms with Crippen molar-refractivity contribution in [2.45, 2.75) is 18.1 Å². The number of alkyl carbamates (subject to hydrolysis) is 1. The third-order valence-electron chi connectivity index (χ3n) is 5.94. The highest BCUT2D eigenvalue weighted by atomic mass is 32.2. The van der Waals surface area contributed by atoms with Gasteiger partial charge < -0.3 is 20.1 Å². The summed E-state index contributed by atoms with van der Waals surface area (Å²) in [5.74, 6) is -5.75. The molecular formula is C23H21F3N2O5S. The van der Waals surface area contributed by atoms with E-state index in [0.717, 1.165) is 34.0 Å². The van der Waals surface area contributed by atoms with Crippen molar-refractivity contribution < 1.29 is 37.4 Å². The molecule has 0 aromatic heterocycles. The Morgan fingerprint density at radius 2 is 1.68 bits per heavy atom. The second kappa shape index (κ2) is 9.57. The lowest BCUT2D eigenvalue weighted by Crippen LogP contribution is -2.51. The Morgan fingerprint density at radius 3 is 2.24 bits per heavy atom. The number of carboxylic acids is 1. The van der Waals surface area contributed by atoms with E-state index in [2.05, 4.69) is 0 Å². The number of hydrogen-bond acceptors (Lipinski definition) is 5.